The van der Waals surface area contributed by atoms with Gasteiger partial charge in [-0.2, -0.15) is 0 Å². The van der Waals surface area contributed by atoms with Gasteiger partial charge in [-0.25, -0.2) is 0 Å². The number of ketones is 1. The highest BCUT2D eigenvalue weighted by Gasteiger charge is 2.44. The lowest BCUT2D eigenvalue weighted by molar-refractivity contribution is -0.121. The van der Waals surface area contributed by atoms with E-state index in [1.807, 2.05) is 30.3 Å². The van der Waals surface area contributed by atoms with Crippen LogP contribution in [0.5, 0.6) is 5.75 Å². The summed E-state index contributed by atoms with van der Waals surface area (Å²) in [6.07, 6.45) is 1.22. The van der Waals surface area contributed by atoms with E-state index < -0.39 is 5.92 Å². The summed E-state index contributed by atoms with van der Waals surface area (Å²) in [7, 11) is 1.60. The van der Waals surface area contributed by atoms with Gasteiger partial charge in [-0.3, -0.25) is 14.5 Å². The Hall–Kier alpha value is -2.30. The molecule has 1 unspecified atom stereocenters. The largest absolute Gasteiger partial charge is 0.497 e. The average Bonchev–Trinajstić information content (AvgIpc) is 2.68. The van der Waals surface area contributed by atoms with Crippen LogP contribution < -0.4 is 9.64 Å². The number of benzene rings is 2. The summed E-state index contributed by atoms with van der Waals surface area (Å²) < 4.78 is 5.24. The summed E-state index contributed by atoms with van der Waals surface area (Å²) in [6, 6.07) is 12.7. The maximum absolute atomic E-state index is 13.4. The zero-order valence-corrected chi connectivity index (χ0v) is 18.7. The molecule has 1 aliphatic carbocycles. The number of methoxy groups -OCH3 is 1. The second kappa shape index (κ2) is 7.75. The minimum absolute atomic E-state index is 0.0632. The quantitative estimate of drug-likeness (QED) is 0.569. The maximum Gasteiger partial charge on any atom is 0.232 e. The second-order valence-electron chi connectivity index (χ2n) is 8.63. The Bertz CT molecular complexity index is 1060. The molecule has 0 fully saturated rings. The summed E-state index contributed by atoms with van der Waals surface area (Å²) in [5.74, 6) is 0.316. The van der Waals surface area contributed by atoms with Gasteiger partial charge in [-0.1, -0.05) is 49.2 Å². The highest BCUT2D eigenvalue weighted by molar-refractivity contribution is 6.42. The number of allylic oxidation sites excluding steroid dienone is 2. The van der Waals surface area contributed by atoms with E-state index in [2.05, 4.69) is 13.8 Å². The van der Waals surface area contributed by atoms with E-state index in [0.717, 1.165) is 16.9 Å². The number of amides is 1. The third-order valence-electron chi connectivity index (χ3n) is 5.83. The molecule has 4 nitrogen and oxygen atoms in total. The van der Waals surface area contributed by atoms with Gasteiger partial charge in [0, 0.05) is 35.7 Å². The summed E-state index contributed by atoms with van der Waals surface area (Å²) in [6.45, 7) is 4.11. The number of halogens is 2. The fourth-order valence-electron chi connectivity index (χ4n) is 4.50. The lowest BCUT2D eigenvalue weighted by Gasteiger charge is -2.43. The van der Waals surface area contributed by atoms with Gasteiger partial charge in [0.25, 0.3) is 0 Å². The highest BCUT2D eigenvalue weighted by atomic mass is 35.5. The van der Waals surface area contributed by atoms with Crippen molar-refractivity contribution in [1.29, 1.82) is 0 Å². The van der Waals surface area contributed by atoms with Gasteiger partial charge in [0.15, 0.2) is 5.78 Å². The van der Waals surface area contributed by atoms with Crippen molar-refractivity contribution in [1.82, 2.24) is 0 Å². The molecule has 0 saturated carbocycles. The van der Waals surface area contributed by atoms with E-state index in [9.17, 15) is 9.59 Å². The summed E-state index contributed by atoms with van der Waals surface area (Å²) in [5.41, 5.74) is 2.66. The molecule has 4 rings (SSSR count). The lowest BCUT2D eigenvalue weighted by atomic mass is 9.69. The molecule has 1 heterocycles. The number of carbonyl (C=O) groups is 2. The molecular formula is C24H23Cl2NO3. The van der Waals surface area contributed by atoms with Crippen molar-refractivity contribution >= 4 is 40.6 Å². The minimum atomic E-state index is -0.392. The fourth-order valence-corrected chi connectivity index (χ4v) is 4.94. The first-order chi connectivity index (χ1) is 14.2. The molecule has 0 saturated heterocycles. The molecule has 1 atom stereocenters. The molecule has 2 aliphatic rings. The van der Waals surface area contributed by atoms with E-state index in [1.165, 1.54) is 0 Å². The number of anilines is 1. The first kappa shape index (κ1) is 21.0. The van der Waals surface area contributed by atoms with Crippen LogP contribution in [0.25, 0.3) is 0 Å². The minimum Gasteiger partial charge on any atom is -0.497 e. The van der Waals surface area contributed by atoms with Gasteiger partial charge in [0.1, 0.15) is 5.75 Å². The van der Waals surface area contributed by atoms with Crippen LogP contribution in [-0.4, -0.2) is 18.8 Å². The Balaban J connectivity index is 1.90. The number of carbonyl (C=O) groups excluding carboxylic acids is 2. The first-order valence-electron chi connectivity index (χ1n) is 9.89. The Morgan fingerprint density at radius 2 is 1.73 bits per heavy atom. The van der Waals surface area contributed by atoms with Gasteiger partial charge in [-0.05, 0) is 47.7 Å². The highest BCUT2D eigenvalue weighted by Crippen LogP contribution is 2.49. The second-order valence-corrected chi connectivity index (χ2v) is 9.41. The van der Waals surface area contributed by atoms with E-state index in [4.69, 9.17) is 27.9 Å². The van der Waals surface area contributed by atoms with E-state index in [-0.39, 0.29) is 23.5 Å². The van der Waals surface area contributed by atoms with Gasteiger partial charge < -0.3 is 4.74 Å². The van der Waals surface area contributed by atoms with Crippen molar-refractivity contribution in [3.8, 4) is 5.75 Å². The molecule has 0 radical (unpaired) electrons. The van der Waals surface area contributed by atoms with Crippen LogP contribution in [0.2, 0.25) is 10.0 Å². The first-order valence-corrected chi connectivity index (χ1v) is 10.6. The van der Waals surface area contributed by atoms with E-state index >= 15 is 0 Å². The van der Waals surface area contributed by atoms with Crippen molar-refractivity contribution in [3.05, 3.63) is 69.3 Å². The molecule has 1 aliphatic heterocycles. The number of nitrogens with zero attached hydrogens (tertiary/aromatic N) is 1. The molecule has 0 N–H and O–H groups in total. The number of ether oxygens (including phenoxy) is 1. The van der Waals surface area contributed by atoms with E-state index in [0.29, 0.717) is 34.2 Å². The third kappa shape index (κ3) is 3.63. The average molecular weight is 444 g/mol. The van der Waals surface area contributed by atoms with Crippen molar-refractivity contribution in [3.63, 3.8) is 0 Å². The molecule has 2 aromatic rings. The molecule has 0 bridgehead atoms. The van der Waals surface area contributed by atoms with Crippen LogP contribution in [0.3, 0.4) is 0 Å². The van der Waals surface area contributed by atoms with Gasteiger partial charge in [0.05, 0.1) is 17.2 Å². The normalized spacial score (nSPS) is 21.0. The van der Waals surface area contributed by atoms with Crippen molar-refractivity contribution in [2.45, 2.75) is 39.0 Å². The predicted molar refractivity (Wildman–Crippen MR) is 119 cm³/mol. The Morgan fingerprint density at radius 3 is 2.40 bits per heavy atom. The maximum atomic E-state index is 13.4. The number of rotatable bonds is 3. The zero-order chi connectivity index (χ0) is 21.6. The molecule has 0 aromatic heterocycles. The standard InChI is InChI=1S/C24H23Cl2NO3/c1-24(2)12-19-22(20(28)13-24)17(16-5-4-6-18(25)23(16)26)11-21(29)27(19)14-7-9-15(30-3)10-8-14/h4-10,17H,11-13H2,1-3H3. The predicted octanol–water partition coefficient (Wildman–Crippen LogP) is 6.17. The van der Waals surface area contributed by atoms with Crippen LogP contribution in [-0.2, 0) is 9.59 Å². The van der Waals surface area contributed by atoms with Crippen LogP contribution in [0.1, 0.15) is 44.6 Å². The van der Waals surface area contributed by atoms with Crippen LogP contribution >= 0.6 is 23.2 Å². The Labute approximate surface area is 186 Å². The lowest BCUT2D eigenvalue weighted by Crippen LogP contribution is -2.43. The molecular weight excluding hydrogens is 421 g/mol. The topological polar surface area (TPSA) is 46.6 Å². The molecule has 0 spiro atoms. The molecule has 1 amide bonds. The monoisotopic (exact) mass is 443 g/mol. The molecule has 30 heavy (non-hydrogen) atoms. The van der Waals surface area contributed by atoms with Gasteiger partial charge in [0.2, 0.25) is 5.91 Å². The Morgan fingerprint density at radius 1 is 1.03 bits per heavy atom. The van der Waals surface area contributed by atoms with Crippen molar-refractivity contribution in [2.24, 2.45) is 5.41 Å². The molecule has 2 aromatic carbocycles. The smallest absolute Gasteiger partial charge is 0.232 e. The van der Waals surface area contributed by atoms with Gasteiger partial charge in [-0.15, -0.1) is 0 Å². The summed E-state index contributed by atoms with van der Waals surface area (Å²) >= 11 is 12.7. The summed E-state index contributed by atoms with van der Waals surface area (Å²) in [4.78, 5) is 28.4. The number of Topliss-reactive ketones (excluding diaryl/α,β-unsaturated/α-hetero) is 1. The van der Waals surface area contributed by atoms with Crippen molar-refractivity contribution in [2.75, 3.05) is 12.0 Å². The van der Waals surface area contributed by atoms with Crippen LogP contribution in [0.4, 0.5) is 5.69 Å². The fraction of sp³-hybridized carbons (Fsp3) is 0.333. The third-order valence-corrected chi connectivity index (χ3v) is 6.66. The van der Waals surface area contributed by atoms with E-state index in [1.54, 1.807) is 24.1 Å². The summed E-state index contributed by atoms with van der Waals surface area (Å²) in [5, 5.41) is 0.823. The number of hydrogen-bond donors (Lipinski definition) is 0. The van der Waals surface area contributed by atoms with Crippen molar-refractivity contribution < 1.29 is 14.3 Å². The molecule has 6 heteroatoms. The molecule has 156 valence electrons. The zero-order valence-electron chi connectivity index (χ0n) is 17.2. The Kier molecular flexibility index (Phi) is 5.41. The van der Waals surface area contributed by atoms with Crippen LogP contribution in [0.15, 0.2) is 53.7 Å². The van der Waals surface area contributed by atoms with Gasteiger partial charge >= 0.3 is 0 Å². The number of hydrogen-bond acceptors (Lipinski definition) is 3. The van der Waals surface area contributed by atoms with Crippen LogP contribution in [0, 0.1) is 5.41 Å². The SMILES string of the molecule is COc1ccc(N2C(=O)CC(c3cccc(Cl)c3Cl)C3=C2CC(C)(C)CC3=O)cc1.